The summed E-state index contributed by atoms with van der Waals surface area (Å²) in [6.07, 6.45) is 7.16. The number of aryl methyl sites for hydroxylation is 1. The number of carbonyl (C=O) groups is 1. The van der Waals surface area contributed by atoms with Gasteiger partial charge in [0.2, 0.25) is 5.75 Å². The number of aromatic nitrogens is 3. The van der Waals surface area contributed by atoms with E-state index < -0.39 is 17.8 Å². The van der Waals surface area contributed by atoms with Gasteiger partial charge in [-0.15, -0.1) is 4.65 Å². The van der Waals surface area contributed by atoms with E-state index in [9.17, 15) is 9.90 Å². The molecular weight excluding hydrogens is 571 g/mol. The van der Waals surface area contributed by atoms with Gasteiger partial charge >= 0.3 is 5.97 Å². The number of quaternary nitrogens is 1. The lowest BCUT2D eigenvalue weighted by Crippen LogP contribution is -2.50. The van der Waals surface area contributed by atoms with Crippen LogP contribution in [-0.4, -0.2) is 50.4 Å². The van der Waals surface area contributed by atoms with Crippen molar-refractivity contribution >= 4 is 28.2 Å². The zero-order chi connectivity index (χ0) is 31.6. The molecule has 4 N–H and O–H groups in total. The number of anilines is 2. The number of rotatable bonds is 10. The second-order valence-corrected chi connectivity index (χ2v) is 11.8. The molecule has 0 radical (unpaired) electrons. The quantitative estimate of drug-likeness (QED) is 0.153. The normalized spacial score (nSPS) is 15.1. The lowest BCUT2D eigenvalue weighted by molar-refractivity contribution is -1.07. The second-order valence-electron chi connectivity index (χ2n) is 11.8. The number of nitrogen functional groups attached to an aromatic ring is 1. The molecule has 1 aliphatic rings. The number of hydroxylamine groups is 3. The maximum absolute atomic E-state index is 16.8. The molecule has 5 aromatic rings. The second kappa shape index (κ2) is 12.6. The highest BCUT2D eigenvalue weighted by atomic mass is 19.1. The molecule has 3 aromatic carbocycles. The van der Waals surface area contributed by atoms with Crippen LogP contribution in [0.5, 0.6) is 5.75 Å². The molecule has 232 valence electrons. The van der Waals surface area contributed by atoms with E-state index in [0.29, 0.717) is 39.7 Å². The van der Waals surface area contributed by atoms with Crippen LogP contribution in [0.1, 0.15) is 49.2 Å². The van der Waals surface area contributed by atoms with Crippen LogP contribution in [0, 0.1) is 5.82 Å². The van der Waals surface area contributed by atoms with Crippen molar-refractivity contribution in [1.82, 2.24) is 14.5 Å². The number of halogens is 1. The van der Waals surface area contributed by atoms with E-state index in [-0.39, 0.29) is 12.3 Å². The van der Waals surface area contributed by atoms with Crippen LogP contribution in [0.3, 0.4) is 0 Å². The third-order valence-electron chi connectivity index (χ3n) is 8.47. The largest absolute Gasteiger partial charge is 0.480 e. The number of benzene rings is 3. The zero-order valence-electron chi connectivity index (χ0n) is 25.5. The third kappa shape index (κ3) is 6.46. The van der Waals surface area contributed by atoms with Crippen LogP contribution in [-0.2, 0) is 17.8 Å². The topological polar surface area (TPSA) is 115 Å². The molecular formula is C35H38FN6O3+. The lowest BCUT2D eigenvalue weighted by atomic mass is 9.99. The Kier molecular flexibility index (Phi) is 8.40. The van der Waals surface area contributed by atoms with Crippen LogP contribution in [0.4, 0.5) is 15.9 Å². The predicted molar refractivity (Wildman–Crippen MR) is 173 cm³/mol. The Morgan fingerprint density at radius 1 is 1.11 bits per heavy atom. The van der Waals surface area contributed by atoms with Gasteiger partial charge in [0, 0.05) is 47.4 Å². The number of nitrogens with one attached hydrogen (secondary N) is 1. The molecule has 0 saturated carbocycles. The Morgan fingerprint density at radius 2 is 1.89 bits per heavy atom. The number of hydrogen-bond acceptors (Lipinski definition) is 6. The van der Waals surface area contributed by atoms with Crippen LogP contribution in [0.25, 0.3) is 22.0 Å². The van der Waals surface area contributed by atoms with Gasteiger partial charge in [-0.2, -0.15) is 0 Å². The van der Waals surface area contributed by atoms with Crippen LogP contribution >= 0.6 is 0 Å². The smallest absolute Gasteiger partial charge is 0.323 e. The monoisotopic (exact) mass is 609 g/mol. The number of nitrogens with two attached hydrogens (primary N) is 1. The number of piperidine rings is 1. The average molecular weight is 610 g/mol. The number of fused-ring (bicyclic) bond motifs is 1. The molecule has 1 fully saturated rings. The van der Waals surface area contributed by atoms with Crippen molar-refractivity contribution in [3.63, 3.8) is 0 Å². The summed E-state index contributed by atoms with van der Waals surface area (Å²) < 4.78 is 18.7. The summed E-state index contributed by atoms with van der Waals surface area (Å²) in [6.45, 7) is 3.26. The minimum absolute atomic E-state index is 0.178. The summed E-state index contributed by atoms with van der Waals surface area (Å²) in [7, 11) is 1.99. The number of carboxylic acids is 1. The van der Waals surface area contributed by atoms with E-state index in [0.717, 1.165) is 54.3 Å². The number of carboxylic acid groups (broad SMARTS) is 1. The predicted octanol–water partition coefficient (Wildman–Crippen LogP) is 6.59. The van der Waals surface area contributed by atoms with Gasteiger partial charge in [0.05, 0.1) is 5.69 Å². The Labute approximate surface area is 261 Å². The van der Waals surface area contributed by atoms with Crippen LogP contribution < -0.4 is 15.9 Å². The fraction of sp³-hybridized carbons (Fsp3) is 0.286. The van der Waals surface area contributed by atoms with Gasteiger partial charge in [0.15, 0.2) is 5.82 Å². The van der Waals surface area contributed by atoms with Gasteiger partial charge in [-0.25, -0.2) is 14.4 Å². The Balaban J connectivity index is 1.52. The first kappa shape index (κ1) is 30.1. The first-order valence-corrected chi connectivity index (χ1v) is 15.3. The van der Waals surface area contributed by atoms with E-state index in [2.05, 4.69) is 10.3 Å². The zero-order valence-corrected chi connectivity index (χ0v) is 25.5. The molecule has 1 aliphatic heterocycles. The number of nitrogens with zero attached hydrogens (tertiary/aromatic N) is 4. The number of imidazole rings is 1. The van der Waals surface area contributed by atoms with E-state index in [4.69, 9.17) is 15.6 Å². The summed E-state index contributed by atoms with van der Waals surface area (Å²) in [4.78, 5) is 27.6. The van der Waals surface area contributed by atoms with Crippen molar-refractivity contribution in [3.05, 3.63) is 102 Å². The van der Waals surface area contributed by atoms with E-state index in [1.807, 2.05) is 74.6 Å². The molecule has 45 heavy (non-hydrogen) atoms. The van der Waals surface area contributed by atoms with Gasteiger partial charge < -0.3 is 25.6 Å². The molecule has 0 amide bonds. The molecule has 1 atom stereocenters. The first-order chi connectivity index (χ1) is 21.7. The van der Waals surface area contributed by atoms with Crippen molar-refractivity contribution < 1.29 is 23.8 Å². The molecule has 1 unspecified atom stereocenters. The van der Waals surface area contributed by atoms with Crippen molar-refractivity contribution in [1.29, 1.82) is 0 Å². The van der Waals surface area contributed by atoms with Crippen LogP contribution in [0.15, 0.2) is 79.1 Å². The van der Waals surface area contributed by atoms with Crippen molar-refractivity contribution in [2.75, 3.05) is 31.2 Å². The van der Waals surface area contributed by atoms with Gasteiger partial charge in [0.25, 0.3) is 0 Å². The Hall–Kier alpha value is -4.96. The Morgan fingerprint density at radius 3 is 2.62 bits per heavy atom. The molecule has 2 aromatic heterocycles. The SMILES string of the molecule is CCc1cc(O[N+]2(C)CCCCC2)c(F)c(C(Nc2ccc3c(N)nccc3c2)c2nc(-c3ccccc3)cn2CC(=O)O)c1. The van der Waals surface area contributed by atoms with Crippen molar-refractivity contribution in [2.45, 2.75) is 45.2 Å². The third-order valence-corrected chi connectivity index (χ3v) is 8.47. The highest BCUT2D eigenvalue weighted by Gasteiger charge is 2.33. The number of hydrogen-bond donors (Lipinski definition) is 3. The van der Waals surface area contributed by atoms with Crippen molar-refractivity contribution in [3.8, 4) is 17.0 Å². The molecule has 3 heterocycles. The minimum Gasteiger partial charge on any atom is -0.480 e. The molecule has 10 heteroatoms. The minimum atomic E-state index is -1.03. The fourth-order valence-electron chi connectivity index (χ4n) is 6.09. The highest BCUT2D eigenvalue weighted by molar-refractivity contribution is 5.93. The summed E-state index contributed by atoms with van der Waals surface area (Å²) >= 11 is 0. The maximum atomic E-state index is 16.8. The summed E-state index contributed by atoms with van der Waals surface area (Å²) in [5.74, 6) is -0.581. The van der Waals surface area contributed by atoms with Gasteiger partial charge in [0.1, 0.15) is 44.4 Å². The van der Waals surface area contributed by atoms with Gasteiger partial charge in [-0.05, 0) is 54.1 Å². The lowest BCUT2D eigenvalue weighted by Gasteiger charge is -2.35. The number of pyridine rings is 1. The number of aliphatic carboxylic acids is 1. The molecule has 6 rings (SSSR count). The van der Waals surface area contributed by atoms with E-state index >= 15 is 4.39 Å². The van der Waals surface area contributed by atoms with Gasteiger partial charge in [-0.3, -0.25) is 4.79 Å². The average Bonchev–Trinajstić information content (AvgIpc) is 3.44. The summed E-state index contributed by atoms with van der Waals surface area (Å²) in [5, 5.41) is 15.0. The highest BCUT2D eigenvalue weighted by Crippen LogP contribution is 2.37. The molecule has 1 saturated heterocycles. The molecule has 0 aliphatic carbocycles. The summed E-state index contributed by atoms with van der Waals surface area (Å²) in [6, 6.07) is 19.8. The summed E-state index contributed by atoms with van der Waals surface area (Å²) in [5.41, 5.74) is 9.42. The molecule has 0 spiro atoms. The van der Waals surface area contributed by atoms with Gasteiger partial charge in [-0.1, -0.05) is 43.3 Å². The van der Waals surface area contributed by atoms with E-state index in [1.165, 1.54) is 0 Å². The maximum Gasteiger partial charge on any atom is 0.323 e. The standard InChI is InChI=1S/C35H37FN6O3/c1-3-23-18-28(32(36)30(19-23)45-42(2)16-8-5-9-17-42)33(39-26-12-13-27-25(20-26)14-15-38-34(27)37)35-40-29(21-41(35)22-31(43)44)24-10-6-4-7-11-24/h4,6-7,10-15,18-21,33H,3,5,8-9,16-17,22H2,1-2H3,(H3-,37,38,39,43,44)/p+1. The first-order valence-electron chi connectivity index (χ1n) is 15.3. The Bertz CT molecular complexity index is 1830. The fourth-order valence-corrected chi connectivity index (χ4v) is 6.09. The van der Waals surface area contributed by atoms with Crippen LogP contribution in [0.2, 0.25) is 0 Å². The molecule has 9 nitrogen and oxygen atoms in total. The number of likely N-dealkylation sites (tertiary alicyclic amines) is 1. The van der Waals surface area contributed by atoms with Crippen molar-refractivity contribution in [2.24, 2.45) is 0 Å². The van der Waals surface area contributed by atoms with E-state index in [1.54, 1.807) is 23.0 Å². The molecule has 0 bridgehead atoms.